The first-order valence-electron chi connectivity index (χ1n) is 9.62. The summed E-state index contributed by atoms with van der Waals surface area (Å²) in [5.41, 5.74) is 0.597. The van der Waals surface area contributed by atoms with Crippen molar-refractivity contribution >= 4 is 40.7 Å². The third-order valence-corrected chi connectivity index (χ3v) is 5.44. The molecule has 3 heterocycles. The molecule has 2 atom stereocenters. The van der Waals surface area contributed by atoms with Crippen LogP contribution in [-0.2, 0) is 14.4 Å². The number of nitrogens with zero attached hydrogens (tertiary/aromatic N) is 4. The van der Waals surface area contributed by atoms with Crippen molar-refractivity contribution in [3.05, 3.63) is 47.2 Å². The Hall–Kier alpha value is -3.73. The van der Waals surface area contributed by atoms with Crippen molar-refractivity contribution in [2.24, 2.45) is 10.3 Å². The van der Waals surface area contributed by atoms with Gasteiger partial charge in [-0.05, 0) is 30.3 Å². The molecule has 5 rings (SSSR count). The van der Waals surface area contributed by atoms with Gasteiger partial charge in [0.1, 0.15) is 25.6 Å². The molecule has 10 nitrogen and oxygen atoms in total. The fourth-order valence-corrected chi connectivity index (χ4v) is 3.88. The molecule has 2 aromatic carbocycles. The SMILES string of the molecule is O=C(CN1N=N[C@H]2C(=O)N(c3ccc(F)c(Cl)c3)C(=O)[C@@H]21)Nc1ccc2c(c1)OCCO2. The zero-order valence-corrected chi connectivity index (χ0v) is 17.1. The summed E-state index contributed by atoms with van der Waals surface area (Å²) in [6.45, 7) is 0.554. The molecule has 2 aromatic rings. The molecule has 0 aliphatic carbocycles. The first kappa shape index (κ1) is 20.2. The first-order chi connectivity index (χ1) is 15.4. The highest BCUT2D eigenvalue weighted by molar-refractivity contribution is 6.32. The number of anilines is 2. The van der Waals surface area contributed by atoms with Crippen LogP contribution in [-0.4, -0.2) is 54.6 Å². The van der Waals surface area contributed by atoms with Crippen molar-refractivity contribution < 1.29 is 28.2 Å². The van der Waals surface area contributed by atoms with E-state index >= 15 is 0 Å². The van der Waals surface area contributed by atoms with Gasteiger partial charge in [0.15, 0.2) is 23.6 Å². The van der Waals surface area contributed by atoms with Gasteiger partial charge in [0, 0.05) is 11.8 Å². The number of rotatable bonds is 4. The summed E-state index contributed by atoms with van der Waals surface area (Å²) >= 11 is 5.78. The Kier molecular flexibility index (Phi) is 4.89. The third-order valence-electron chi connectivity index (χ3n) is 5.15. The lowest BCUT2D eigenvalue weighted by Crippen LogP contribution is -2.43. The van der Waals surface area contributed by atoms with Gasteiger partial charge in [0.2, 0.25) is 5.91 Å². The molecule has 0 aromatic heterocycles. The van der Waals surface area contributed by atoms with Crippen molar-refractivity contribution in [3.8, 4) is 11.5 Å². The van der Waals surface area contributed by atoms with E-state index in [1.54, 1.807) is 18.2 Å². The van der Waals surface area contributed by atoms with Crippen LogP contribution in [0.2, 0.25) is 5.02 Å². The van der Waals surface area contributed by atoms with Gasteiger partial charge in [-0.25, -0.2) is 9.29 Å². The second-order valence-electron chi connectivity index (χ2n) is 7.21. The largest absolute Gasteiger partial charge is 0.486 e. The Morgan fingerprint density at radius 3 is 2.69 bits per heavy atom. The molecule has 1 saturated heterocycles. The minimum absolute atomic E-state index is 0.122. The molecule has 3 aliphatic heterocycles. The summed E-state index contributed by atoms with van der Waals surface area (Å²) in [7, 11) is 0. The molecular formula is C20H15ClFN5O5. The summed E-state index contributed by atoms with van der Waals surface area (Å²) in [4.78, 5) is 39.1. The standard InChI is InChI=1S/C20H15ClFN5O5/c21-12-8-11(2-3-13(12)22)27-19(29)17-18(20(27)30)26(25-24-17)9-16(28)23-10-1-4-14-15(7-10)32-6-5-31-14/h1-4,7-8,17-18H,5-6,9H2,(H,23,28)/t17-,18-/m1/s1. The molecule has 0 saturated carbocycles. The molecule has 164 valence electrons. The Morgan fingerprint density at radius 2 is 1.91 bits per heavy atom. The van der Waals surface area contributed by atoms with Crippen LogP contribution in [0.5, 0.6) is 11.5 Å². The average molecular weight is 460 g/mol. The van der Waals surface area contributed by atoms with Gasteiger partial charge in [0.25, 0.3) is 11.8 Å². The van der Waals surface area contributed by atoms with Gasteiger partial charge >= 0.3 is 0 Å². The summed E-state index contributed by atoms with van der Waals surface area (Å²) in [5.74, 6) is -1.29. The second kappa shape index (κ2) is 7.75. The summed E-state index contributed by atoms with van der Waals surface area (Å²) in [5, 5.41) is 11.3. The van der Waals surface area contributed by atoms with Gasteiger partial charge < -0.3 is 14.8 Å². The van der Waals surface area contributed by atoms with E-state index in [-0.39, 0.29) is 17.3 Å². The molecule has 0 unspecified atom stereocenters. The predicted octanol–water partition coefficient (Wildman–Crippen LogP) is 2.18. The number of halogens is 2. The van der Waals surface area contributed by atoms with E-state index in [9.17, 15) is 18.8 Å². The molecule has 0 spiro atoms. The number of ether oxygens (including phenoxy) is 2. The van der Waals surface area contributed by atoms with Crippen molar-refractivity contribution in [1.29, 1.82) is 0 Å². The van der Waals surface area contributed by atoms with Crippen LogP contribution in [0.25, 0.3) is 0 Å². The van der Waals surface area contributed by atoms with Crippen LogP contribution in [0, 0.1) is 5.82 Å². The van der Waals surface area contributed by atoms with E-state index in [0.717, 1.165) is 16.0 Å². The van der Waals surface area contributed by atoms with E-state index < -0.39 is 35.6 Å². The number of imide groups is 1. The van der Waals surface area contributed by atoms with Gasteiger partial charge in [-0.3, -0.25) is 19.4 Å². The van der Waals surface area contributed by atoms with Crippen LogP contribution in [0.15, 0.2) is 46.7 Å². The topological polar surface area (TPSA) is 113 Å². The highest BCUT2D eigenvalue weighted by Crippen LogP contribution is 2.34. The number of nitrogens with one attached hydrogen (secondary N) is 1. The van der Waals surface area contributed by atoms with Crippen molar-refractivity contribution in [2.45, 2.75) is 12.1 Å². The van der Waals surface area contributed by atoms with Gasteiger partial charge in [0.05, 0.1) is 10.7 Å². The predicted molar refractivity (Wildman–Crippen MR) is 109 cm³/mol. The second-order valence-corrected chi connectivity index (χ2v) is 7.62. The van der Waals surface area contributed by atoms with E-state index in [1.807, 2.05) is 0 Å². The third kappa shape index (κ3) is 3.40. The molecule has 3 amide bonds. The molecule has 0 radical (unpaired) electrons. The van der Waals surface area contributed by atoms with Crippen LogP contribution in [0.4, 0.5) is 15.8 Å². The van der Waals surface area contributed by atoms with E-state index in [1.165, 1.54) is 12.1 Å². The maximum atomic E-state index is 13.5. The van der Waals surface area contributed by atoms with Crippen molar-refractivity contribution in [3.63, 3.8) is 0 Å². The zero-order chi connectivity index (χ0) is 22.4. The van der Waals surface area contributed by atoms with Crippen LogP contribution in [0.3, 0.4) is 0 Å². The number of fused-ring (bicyclic) bond motifs is 2. The van der Waals surface area contributed by atoms with E-state index in [4.69, 9.17) is 21.1 Å². The maximum absolute atomic E-state index is 13.5. The molecular weight excluding hydrogens is 445 g/mol. The Balaban J connectivity index is 1.29. The smallest absolute Gasteiger partial charge is 0.263 e. The van der Waals surface area contributed by atoms with Crippen LogP contribution >= 0.6 is 11.6 Å². The number of benzene rings is 2. The molecule has 32 heavy (non-hydrogen) atoms. The lowest BCUT2D eigenvalue weighted by molar-refractivity contribution is -0.123. The Labute approximate surface area is 185 Å². The number of hydrogen-bond acceptors (Lipinski definition) is 8. The van der Waals surface area contributed by atoms with Gasteiger partial charge in [-0.15, -0.1) is 0 Å². The fourth-order valence-electron chi connectivity index (χ4n) is 3.70. The molecule has 3 aliphatic rings. The highest BCUT2D eigenvalue weighted by atomic mass is 35.5. The maximum Gasteiger partial charge on any atom is 0.263 e. The average Bonchev–Trinajstić information content (AvgIpc) is 3.29. The lowest BCUT2D eigenvalue weighted by atomic mass is 10.1. The van der Waals surface area contributed by atoms with Gasteiger partial charge in [-0.2, -0.15) is 5.11 Å². The Bertz CT molecular complexity index is 1180. The highest BCUT2D eigenvalue weighted by Gasteiger charge is 2.55. The quantitative estimate of drug-likeness (QED) is 0.701. The van der Waals surface area contributed by atoms with Gasteiger partial charge in [-0.1, -0.05) is 16.8 Å². The number of hydrogen-bond donors (Lipinski definition) is 1. The van der Waals surface area contributed by atoms with Crippen LogP contribution in [0.1, 0.15) is 0 Å². The zero-order valence-electron chi connectivity index (χ0n) is 16.3. The summed E-state index contributed by atoms with van der Waals surface area (Å²) < 4.78 is 24.4. The molecule has 12 heteroatoms. The molecule has 0 bridgehead atoms. The molecule has 1 N–H and O–H groups in total. The minimum Gasteiger partial charge on any atom is -0.486 e. The van der Waals surface area contributed by atoms with Crippen molar-refractivity contribution in [1.82, 2.24) is 5.01 Å². The normalized spacial score (nSPS) is 21.2. The number of carbonyl (C=O) groups excluding carboxylic acids is 3. The van der Waals surface area contributed by atoms with E-state index in [2.05, 4.69) is 15.7 Å². The number of carbonyl (C=O) groups is 3. The first-order valence-corrected chi connectivity index (χ1v) is 10.00. The molecule has 1 fully saturated rings. The lowest BCUT2D eigenvalue weighted by Gasteiger charge is -2.21. The minimum atomic E-state index is -1.09. The van der Waals surface area contributed by atoms with E-state index in [0.29, 0.717) is 30.4 Å². The number of amides is 3. The Morgan fingerprint density at radius 1 is 1.12 bits per heavy atom. The monoisotopic (exact) mass is 459 g/mol. The summed E-state index contributed by atoms with van der Waals surface area (Å²) in [6.07, 6.45) is 0. The summed E-state index contributed by atoms with van der Waals surface area (Å²) in [6, 6.07) is 6.32. The van der Waals surface area contributed by atoms with Crippen LogP contribution < -0.4 is 19.7 Å². The fraction of sp³-hybridized carbons (Fsp3) is 0.250. The van der Waals surface area contributed by atoms with Crippen molar-refractivity contribution in [2.75, 3.05) is 30.0 Å².